The summed E-state index contributed by atoms with van der Waals surface area (Å²) in [5.41, 5.74) is 2.36. The van der Waals surface area contributed by atoms with Gasteiger partial charge >= 0.3 is 5.97 Å². The summed E-state index contributed by atoms with van der Waals surface area (Å²) in [6, 6.07) is 42.3. The van der Waals surface area contributed by atoms with Gasteiger partial charge in [-0.05, 0) is 37.7 Å². The van der Waals surface area contributed by atoms with Crippen LogP contribution in [0, 0.1) is 0 Å². The molecule has 0 fully saturated rings. The van der Waals surface area contributed by atoms with Gasteiger partial charge in [0.25, 0.3) is 8.32 Å². The van der Waals surface area contributed by atoms with Crippen molar-refractivity contribution in [3.05, 3.63) is 133 Å². The molecule has 4 rings (SSSR count). The van der Waals surface area contributed by atoms with Gasteiger partial charge in [-0.2, -0.15) is 0 Å². The maximum atomic E-state index is 13.4. The molecule has 1 atom stereocenters. The van der Waals surface area contributed by atoms with Gasteiger partial charge in [0.15, 0.2) is 0 Å². The first-order chi connectivity index (χ1) is 20.4. The molecule has 5 heteroatoms. The molecule has 224 valence electrons. The van der Waals surface area contributed by atoms with Crippen molar-refractivity contribution in [2.24, 2.45) is 0 Å². The highest BCUT2D eigenvalue weighted by atomic mass is 28.4. The van der Waals surface area contributed by atoms with E-state index in [1.807, 2.05) is 43.3 Å². The SMILES string of the molecule is C[C@@H](/C=C/[Si](c1ccccc1)(c1ccccc1)C(C)(C)C)OC(=O)CO[Si](c1ccccc1)(c1ccccc1)C(C)(C)C. The maximum Gasteiger partial charge on any atom is 0.331 e. The molecule has 0 aliphatic carbocycles. The minimum absolute atomic E-state index is 0.0255. The lowest BCUT2D eigenvalue weighted by Gasteiger charge is -2.42. The van der Waals surface area contributed by atoms with E-state index in [-0.39, 0.29) is 22.7 Å². The maximum absolute atomic E-state index is 13.4. The molecule has 0 unspecified atom stereocenters. The van der Waals surface area contributed by atoms with E-state index in [0.29, 0.717) is 0 Å². The summed E-state index contributed by atoms with van der Waals surface area (Å²) in [7, 11) is -5.26. The number of hydrogen-bond donors (Lipinski definition) is 0. The summed E-state index contributed by atoms with van der Waals surface area (Å²) in [5.74, 6) is -0.354. The zero-order valence-corrected chi connectivity index (χ0v) is 28.7. The molecule has 0 bridgehead atoms. The Labute approximate surface area is 260 Å². The molecule has 0 N–H and O–H groups in total. The van der Waals surface area contributed by atoms with Crippen molar-refractivity contribution in [1.29, 1.82) is 0 Å². The van der Waals surface area contributed by atoms with Crippen molar-refractivity contribution in [3.8, 4) is 0 Å². The van der Waals surface area contributed by atoms with Crippen LogP contribution in [0.5, 0.6) is 0 Å². The van der Waals surface area contributed by atoms with Crippen LogP contribution in [0.4, 0.5) is 0 Å². The molecule has 0 saturated heterocycles. The van der Waals surface area contributed by atoms with E-state index in [2.05, 4.69) is 138 Å². The standard InChI is InChI=1S/C38H46O3Si2/c1-31(28-29-42(37(2,3)4,32-20-12-8-13-21-32)33-22-14-9-15-23-33)41-36(39)30-40-43(38(5,6)7,34-24-16-10-17-25-34)35-26-18-11-19-27-35/h8-29,31H,30H2,1-7H3/b29-28+/t31-/m0/s1. The molecular weight excluding hydrogens is 561 g/mol. The second-order valence-electron chi connectivity index (χ2n) is 13.3. The third-order valence-corrected chi connectivity index (χ3v) is 18.9. The van der Waals surface area contributed by atoms with Crippen LogP contribution in [-0.2, 0) is 14.0 Å². The lowest BCUT2D eigenvalue weighted by molar-refractivity contribution is -0.148. The summed E-state index contributed by atoms with van der Waals surface area (Å²) in [6.07, 6.45) is 1.68. The number of esters is 1. The fourth-order valence-corrected chi connectivity index (χ4v) is 15.8. The Hall–Kier alpha value is -3.52. The number of rotatable bonds is 10. The molecule has 0 spiro atoms. The average molecular weight is 607 g/mol. The Bertz CT molecular complexity index is 1390. The molecule has 0 saturated carbocycles. The van der Waals surface area contributed by atoms with Gasteiger partial charge in [0.1, 0.15) is 20.8 Å². The third-order valence-electron chi connectivity index (χ3n) is 8.40. The lowest BCUT2D eigenvalue weighted by Crippen LogP contribution is -2.67. The van der Waals surface area contributed by atoms with Crippen molar-refractivity contribution < 1.29 is 14.0 Å². The van der Waals surface area contributed by atoms with E-state index in [1.165, 1.54) is 10.4 Å². The highest BCUT2D eigenvalue weighted by Gasteiger charge is 2.50. The van der Waals surface area contributed by atoms with Gasteiger partial charge in [-0.1, -0.05) is 175 Å². The number of carbonyl (C=O) groups excluding carboxylic acids is 1. The van der Waals surface area contributed by atoms with Crippen LogP contribution < -0.4 is 20.7 Å². The van der Waals surface area contributed by atoms with Crippen LogP contribution in [0.25, 0.3) is 0 Å². The zero-order valence-electron chi connectivity index (χ0n) is 26.7. The van der Waals surface area contributed by atoms with E-state index in [1.54, 1.807) is 0 Å². The molecule has 0 aromatic heterocycles. The normalized spacial score (nSPS) is 13.6. The van der Waals surface area contributed by atoms with Gasteiger partial charge in [0, 0.05) is 0 Å². The quantitative estimate of drug-likeness (QED) is 0.150. The van der Waals surface area contributed by atoms with Crippen LogP contribution >= 0.6 is 0 Å². The highest BCUT2D eigenvalue weighted by Crippen LogP contribution is 2.38. The Balaban J connectivity index is 1.62. The smallest absolute Gasteiger partial charge is 0.331 e. The summed E-state index contributed by atoms with van der Waals surface area (Å²) in [5, 5.41) is 4.70. The molecule has 0 radical (unpaired) electrons. The van der Waals surface area contributed by atoms with Gasteiger partial charge < -0.3 is 9.16 Å². The predicted octanol–water partition coefficient (Wildman–Crippen LogP) is 6.65. The highest BCUT2D eigenvalue weighted by molar-refractivity contribution is 7.07. The van der Waals surface area contributed by atoms with Gasteiger partial charge in [0.05, 0.1) is 0 Å². The number of benzene rings is 4. The molecule has 4 aromatic rings. The first-order valence-electron chi connectivity index (χ1n) is 15.2. The van der Waals surface area contributed by atoms with Gasteiger partial charge in [0.2, 0.25) is 0 Å². The van der Waals surface area contributed by atoms with E-state index in [9.17, 15) is 4.79 Å². The van der Waals surface area contributed by atoms with Gasteiger partial charge in [-0.15, -0.1) is 0 Å². The minimum Gasteiger partial charge on any atom is -0.457 e. The van der Waals surface area contributed by atoms with Crippen LogP contribution in [-0.4, -0.2) is 35.1 Å². The first kappa shape index (κ1) is 32.4. The van der Waals surface area contributed by atoms with E-state index in [4.69, 9.17) is 9.16 Å². The fourth-order valence-electron chi connectivity index (χ4n) is 6.37. The van der Waals surface area contributed by atoms with E-state index in [0.717, 1.165) is 10.4 Å². The molecule has 0 aliphatic heterocycles. The molecule has 0 aliphatic rings. The molecule has 0 heterocycles. The van der Waals surface area contributed by atoms with E-state index >= 15 is 0 Å². The van der Waals surface area contributed by atoms with Crippen LogP contribution in [0.2, 0.25) is 10.1 Å². The van der Waals surface area contributed by atoms with Crippen molar-refractivity contribution in [2.75, 3.05) is 6.61 Å². The first-order valence-corrected chi connectivity index (χ1v) is 19.2. The van der Waals surface area contributed by atoms with Crippen molar-refractivity contribution >= 4 is 43.1 Å². The monoisotopic (exact) mass is 606 g/mol. The average Bonchev–Trinajstić information content (AvgIpc) is 2.98. The minimum atomic E-state index is -2.84. The number of carbonyl (C=O) groups is 1. The topological polar surface area (TPSA) is 35.5 Å². The second kappa shape index (κ2) is 13.4. The second-order valence-corrected chi connectivity index (χ2v) is 22.2. The van der Waals surface area contributed by atoms with Gasteiger partial charge in [-0.25, -0.2) is 4.79 Å². The zero-order chi connectivity index (χ0) is 31.1. The van der Waals surface area contributed by atoms with Crippen molar-refractivity contribution in [2.45, 2.75) is 64.6 Å². The largest absolute Gasteiger partial charge is 0.457 e. The molecule has 0 amide bonds. The number of hydrogen-bond acceptors (Lipinski definition) is 3. The van der Waals surface area contributed by atoms with Crippen LogP contribution in [0.15, 0.2) is 133 Å². The van der Waals surface area contributed by atoms with Crippen LogP contribution in [0.3, 0.4) is 0 Å². The van der Waals surface area contributed by atoms with Crippen LogP contribution in [0.1, 0.15) is 48.5 Å². The Kier molecular flexibility index (Phi) is 10.1. The molecule has 3 nitrogen and oxygen atoms in total. The summed E-state index contributed by atoms with van der Waals surface area (Å²) in [4.78, 5) is 13.4. The third kappa shape index (κ3) is 6.85. The fraction of sp³-hybridized carbons (Fsp3) is 0.289. The Morgan fingerprint density at radius 3 is 1.35 bits per heavy atom. The number of ether oxygens (including phenoxy) is 1. The molecule has 4 aromatic carbocycles. The lowest BCUT2D eigenvalue weighted by atomic mass is 10.2. The summed E-state index contributed by atoms with van der Waals surface area (Å²) >= 11 is 0. The van der Waals surface area contributed by atoms with Crippen molar-refractivity contribution in [1.82, 2.24) is 0 Å². The summed E-state index contributed by atoms with van der Waals surface area (Å²) < 4.78 is 12.8. The van der Waals surface area contributed by atoms with Gasteiger partial charge in [-0.3, -0.25) is 0 Å². The molecular formula is C38H46O3Si2. The van der Waals surface area contributed by atoms with E-state index < -0.39 is 22.5 Å². The predicted molar refractivity (Wildman–Crippen MR) is 186 cm³/mol. The Morgan fingerprint density at radius 2 is 1.00 bits per heavy atom. The molecule has 43 heavy (non-hydrogen) atoms. The summed E-state index contributed by atoms with van der Waals surface area (Å²) in [6.45, 7) is 15.4. The Morgan fingerprint density at radius 1 is 0.628 bits per heavy atom. The van der Waals surface area contributed by atoms with Crippen molar-refractivity contribution in [3.63, 3.8) is 0 Å².